The Morgan fingerprint density at radius 1 is 1.21 bits per heavy atom. The minimum atomic E-state index is -1.18. The second-order valence-electron chi connectivity index (χ2n) is 4.70. The van der Waals surface area contributed by atoms with E-state index in [1.54, 1.807) is 27.7 Å². The van der Waals surface area contributed by atoms with E-state index in [1.165, 1.54) is 0 Å². The van der Waals surface area contributed by atoms with Crippen LogP contribution >= 0.6 is 0 Å². The summed E-state index contributed by atoms with van der Waals surface area (Å²) in [4.78, 5) is 33.6. The van der Waals surface area contributed by atoms with E-state index >= 15 is 0 Å². The van der Waals surface area contributed by atoms with E-state index < -0.39 is 22.8 Å². The van der Waals surface area contributed by atoms with Gasteiger partial charge in [-0.3, -0.25) is 9.59 Å². The molecule has 4 nitrogen and oxygen atoms in total. The van der Waals surface area contributed by atoms with Gasteiger partial charge in [-0.05, 0) is 6.92 Å². The van der Waals surface area contributed by atoms with Gasteiger partial charge in [-0.2, -0.15) is 0 Å². The van der Waals surface area contributed by atoms with Gasteiger partial charge < -0.3 is 4.74 Å². The summed E-state index contributed by atoms with van der Waals surface area (Å²) in [5.74, 6) is -1.98. The van der Waals surface area contributed by atoms with E-state index in [0.29, 0.717) is 0 Å². The van der Waals surface area contributed by atoms with Crippen molar-refractivity contribution in [1.29, 1.82) is 0 Å². The summed E-state index contributed by atoms with van der Waals surface area (Å²) in [5.41, 5.74) is -1.68. The van der Waals surface area contributed by atoms with Crippen LogP contribution in [0.2, 0.25) is 0 Å². The summed E-state index contributed by atoms with van der Waals surface area (Å²) in [6.45, 7) is 6.95. The average Bonchev–Trinajstić information content (AvgIpc) is 1.99. The highest BCUT2D eigenvalue weighted by atomic mass is 16.6. The van der Waals surface area contributed by atoms with Crippen LogP contribution in [0, 0.1) is 5.41 Å². The molecule has 1 atom stereocenters. The predicted octanol–water partition coefficient (Wildman–Crippen LogP) is 0.876. The van der Waals surface area contributed by atoms with Crippen molar-refractivity contribution in [1.82, 2.24) is 0 Å². The molecule has 0 spiro atoms. The molecule has 1 heterocycles. The monoisotopic (exact) mass is 198 g/mol. The first kappa shape index (κ1) is 10.9. The first-order valence-corrected chi connectivity index (χ1v) is 4.48. The summed E-state index contributed by atoms with van der Waals surface area (Å²) >= 11 is 0. The molecular formula is C10H14O4. The molecule has 0 aromatic heterocycles. The zero-order valence-electron chi connectivity index (χ0n) is 8.84. The maximum Gasteiger partial charge on any atom is 0.376 e. The molecule has 1 saturated heterocycles. The maximum absolute atomic E-state index is 11.6. The molecule has 0 aromatic carbocycles. The number of cyclic esters (lactones) is 1. The van der Waals surface area contributed by atoms with Gasteiger partial charge in [0.25, 0.3) is 0 Å². The largest absolute Gasteiger partial charge is 0.445 e. The molecule has 0 bridgehead atoms. The molecule has 1 aliphatic heterocycles. The zero-order chi connectivity index (χ0) is 11.1. The van der Waals surface area contributed by atoms with Crippen molar-refractivity contribution in [2.45, 2.75) is 39.7 Å². The fourth-order valence-corrected chi connectivity index (χ4v) is 1.26. The highest BCUT2D eigenvalue weighted by Crippen LogP contribution is 2.37. The highest BCUT2D eigenvalue weighted by Gasteiger charge is 2.52. The van der Waals surface area contributed by atoms with E-state index in [9.17, 15) is 14.4 Å². The van der Waals surface area contributed by atoms with Crippen molar-refractivity contribution in [3.63, 3.8) is 0 Å². The van der Waals surface area contributed by atoms with Gasteiger partial charge in [-0.25, -0.2) is 4.79 Å². The van der Waals surface area contributed by atoms with Crippen LogP contribution in [0.5, 0.6) is 0 Å². The van der Waals surface area contributed by atoms with E-state index in [1.807, 2.05) is 0 Å². The van der Waals surface area contributed by atoms with Crippen molar-refractivity contribution in [2.75, 3.05) is 0 Å². The molecule has 1 fully saturated rings. The first-order valence-electron chi connectivity index (χ1n) is 4.48. The minimum Gasteiger partial charge on any atom is -0.445 e. The molecule has 0 N–H and O–H groups in total. The van der Waals surface area contributed by atoms with Crippen molar-refractivity contribution < 1.29 is 19.1 Å². The zero-order valence-corrected chi connectivity index (χ0v) is 8.84. The summed E-state index contributed by atoms with van der Waals surface area (Å²) in [7, 11) is 0. The van der Waals surface area contributed by atoms with Gasteiger partial charge in [-0.15, -0.1) is 0 Å². The summed E-state index contributed by atoms with van der Waals surface area (Å²) in [5, 5.41) is 0. The third kappa shape index (κ3) is 1.45. The Balaban J connectivity index is 3.07. The van der Waals surface area contributed by atoms with Crippen LogP contribution in [0.1, 0.15) is 34.1 Å². The van der Waals surface area contributed by atoms with Gasteiger partial charge >= 0.3 is 5.97 Å². The molecule has 1 aliphatic rings. The summed E-state index contributed by atoms with van der Waals surface area (Å²) in [6.07, 6.45) is -0.341. The van der Waals surface area contributed by atoms with Gasteiger partial charge in [0.2, 0.25) is 5.78 Å². The molecular weight excluding hydrogens is 184 g/mol. The molecule has 4 heteroatoms. The standard InChI is InChI=1S/C10H14O4/c1-9(2,3)10(4)7(12)5-6(11)8(13)14-10/h5H2,1-4H3. The average molecular weight is 198 g/mol. The van der Waals surface area contributed by atoms with Gasteiger partial charge in [0, 0.05) is 5.41 Å². The number of ketones is 2. The molecule has 0 aliphatic carbocycles. The molecule has 0 saturated carbocycles. The van der Waals surface area contributed by atoms with E-state index in [4.69, 9.17) is 4.74 Å². The lowest BCUT2D eigenvalue weighted by Crippen LogP contribution is -2.56. The lowest BCUT2D eigenvalue weighted by molar-refractivity contribution is -0.186. The van der Waals surface area contributed by atoms with E-state index in [-0.39, 0.29) is 12.2 Å². The second kappa shape index (κ2) is 2.90. The van der Waals surface area contributed by atoms with Gasteiger partial charge in [0.1, 0.15) is 0 Å². The number of carbonyl (C=O) groups excluding carboxylic acids is 3. The smallest absolute Gasteiger partial charge is 0.376 e. The van der Waals surface area contributed by atoms with E-state index in [2.05, 4.69) is 0 Å². The molecule has 14 heavy (non-hydrogen) atoms. The fraction of sp³-hybridized carbons (Fsp3) is 0.700. The lowest BCUT2D eigenvalue weighted by atomic mass is 9.72. The quantitative estimate of drug-likeness (QED) is 0.329. The van der Waals surface area contributed by atoms with Crippen LogP contribution in [0.3, 0.4) is 0 Å². The minimum absolute atomic E-state index is 0.324. The Labute approximate surface area is 82.6 Å². The molecule has 0 aromatic rings. The SMILES string of the molecule is CC(C)(C)C1(C)OC(=O)C(=O)CC1=O. The Kier molecular flexibility index (Phi) is 2.26. The predicted molar refractivity (Wildman–Crippen MR) is 48.6 cm³/mol. The fourth-order valence-electron chi connectivity index (χ4n) is 1.26. The number of ether oxygens (including phenoxy) is 1. The Morgan fingerprint density at radius 2 is 1.71 bits per heavy atom. The van der Waals surface area contributed by atoms with Crippen molar-refractivity contribution in [3.05, 3.63) is 0 Å². The molecule has 78 valence electrons. The number of rotatable bonds is 0. The number of Topliss-reactive ketones (excluding diaryl/α,β-unsaturated/α-hetero) is 2. The molecule has 0 amide bonds. The second-order valence-corrected chi connectivity index (χ2v) is 4.70. The van der Waals surface area contributed by atoms with Crippen molar-refractivity contribution in [2.24, 2.45) is 5.41 Å². The number of esters is 1. The Hall–Kier alpha value is -1.19. The van der Waals surface area contributed by atoms with Crippen LogP contribution in [-0.2, 0) is 19.1 Å². The molecule has 1 rings (SSSR count). The topological polar surface area (TPSA) is 60.4 Å². The van der Waals surface area contributed by atoms with Crippen LogP contribution in [0.15, 0.2) is 0 Å². The summed E-state index contributed by atoms with van der Waals surface area (Å²) in [6, 6.07) is 0. The van der Waals surface area contributed by atoms with Crippen LogP contribution in [0.25, 0.3) is 0 Å². The maximum atomic E-state index is 11.6. The normalized spacial score (nSPS) is 29.0. The first-order chi connectivity index (χ1) is 6.18. The summed E-state index contributed by atoms with van der Waals surface area (Å²) < 4.78 is 4.92. The number of carbonyl (C=O) groups is 3. The molecule has 0 radical (unpaired) electrons. The van der Waals surface area contributed by atoms with Crippen molar-refractivity contribution in [3.8, 4) is 0 Å². The number of hydrogen-bond acceptors (Lipinski definition) is 4. The van der Waals surface area contributed by atoms with Crippen LogP contribution in [-0.4, -0.2) is 23.1 Å². The third-order valence-corrected chi connectivity index (χ3v) is 2.81. The van der Waals surface area contributed by atoms with E-state index in [0.717, 1.165) is 0 Å². The third-order valence-electron chi connectivity index (χ3n) is 2.81. The highest BCUT2D eigenvalue weighted by molar-refractivity contribution is 6.39. The Bertz CT molecular complexity index is 311. The molecule has 1 unspecified atom stereocenters. The van der Waals surface area contributed by atoms with Gasteiger partial charge in [0.05, 0.1) is 6.42 Å². The van der Waals surface area contributed by atoms with Crippen molar-refractivity contribution >= 4 is 17.5 Å². The lowest BCUT2D eigenvalue weighted by Gasteiger charge is -2.41. The van der Waals surface area contributed by atoms with Crippen LogP contribution < -0.4 is 0 Å². The van der Waals surface area contributed by atoms with Gasteiger partial charge in [-0.1, -0.05) is 20.8 Å². The van der Waals surface area contributed by atoms with Crippen LogP contribution in [0.4, 0.5) is 0 Å². The number of hydrogen-bond donors (Lipinski definition) is 0. The van der Waals surface area contributed by atoms with Gasteiger partial charge in [0.15, 0.2) is 11.4 Å². The Morgan fingerprint density at radius 3 is 2.14 bits per heavy atom.